The molecular formula is C7H7N5O2. The van der Waals surface area contributed by atoms with Gasteiger partial charge in [0.1, 0.15) is 6.33 Å². The number of rotatable bonds is 2. The smallest absolute Gasteiger partial charge is 0.354 e. The molecule has 72 valence electrons. The molecule has 2 heterocycles. The number of nitrogens with two attached hydrogens (primary N) is 1. The molecule has 0 radical (unpaired) electrons. The SMILES string of the molecule is NCc1cc(C(=O)O)n2ncnc2n1. The summed E-state index contributed by atoms with van der Waals surface area (Å²) in [5, 5.41) is 12.6. The van der Waals surface area contributed by atoms with Gasteiger partial charge in [-0.1, -0.05) is 0 Å². The van der Waals surface area contributed by atoms with Gasteiger partial charge in [-0.15, -0.1) is 0 Å². The molecule has 2 aromatic rings. The van der Waals surface area contributed by atoms with Gasteiger partial charge in [0.25, 0.3) is 5.78 Å². The predicted molar refractivity (Wildman–Crippen MR) is 45.6 cm³/mol. The van der Waals surface area contributed by atoms with Crippen LogP contribution in [0, 0.1) is 0 Å². The molecule has 7 nitrogen and oxygen atoms in total. The van der Waals surface area contributed by atoms with E-state index in [1.807, 2.05) is 0 Å². The molecule has 0 aliphatic heterocycles. The fourth-order valence-corrected chi connectivity index (χ4v) is 1.12. The van der Waals surface area contributed by atoms with Crippen LogP contribution >= 0.6 is 0 Å². The first-order valence-electron chi connectivity index (χ1n) is 3.85. The zero-order valence-corrected chi connectivity index (χ0v) is 7.08. The minimum atomic E-state index is -1.09. The lowest BCUT2D eigenvalue weighted by atomic mass is 10.3. The van der Waals surface area contributed by atoms with Gasteiger partial charge in [0.05, 0.1) is 5.69 Å². The number of aromatic carboxylic acids is 1. The second-order valence-electron chi connectivity index (χ2n) is 2.61. The molecule has 0 saturated heterocycles. The summed E-state index contributed by atoms with van der Waals surface area (Å²) in [6.45, 7) is 0.170. The van der Waals surface area contributed by atoms with Gasteiger partial charge in [0.2, 0.25) is 0 Å². The van der Waals surface area contributed by atoms with E-state index < -0.39 is 5.97 Å². The first-order chi connectivity index (χ1) is 6.72. The van der Waals surface area contributed by atoms with E-state index in [1.54, 1.807) is 0 Å². The fourth-order valence-electron chi connectivity index (χ4n) is 1.12. The third-order valence-corrected chi connectivity index (χ3v) is 1.73. The van der Waals surface area contributed by atoms with Gasteiger partial charge in [0, 0.05) is 6.54 Å². The minimum absolute atomic E-state index is 0.00736. The van der Waals surface area contributed by atoms with E-state index in [4.69, 9.17) is 10.8 Å². The lowest BCUT2D eigenvalue weighted by Gasteiger charge is -2.00. The third-order valence-electron chi connectivity index (χ3n) is 1.73. The number of hydrogen-bond donors (Lipinski definition) is 2. The molecule has 0 aliphatic rings. The third kappa shape index (κ3) is 1.19. The molecule has 0 saturated carbocycles. The van der Waals surface area contributed by atoms with E-state index in [2.05, 4.69) is 15.1 Å². The lowest BCUT2D eigenvalue weighted by molar-refractivity contribution is 0.0687. The number of fused-ring (bicyclic) bond motifs is 1. The van der Waals surface area contributed by atoms with Crippen molar-refractivity contribution in [1.29, 1.82) is 0 Å². The molecule has 2 aromatic heterocycles. The summed E-state index contributed by atoms with van der Waals surface area (Å²) >= 11 is 0. The topological polar surface area (TPSA) is 106 Å². The second kappa shape index (κ2) is 3.04. The molecule has 0 aliphatic carbocycles. The Labute approximate surface area is 78.2 Å². The quantitative estimate of drug-likeness (QED) is 0.651. The molecule has 0 spiro atoms. The van der Waals surface area contributed by atoms with E-state index in [-0.39, 0.29) is 18.0 Å². The zero-order chi connectivity index (χ0) is 10.1. The van der Waals surface area contributed by atoms with Crippen molar-refractivity contribution in [2.75, 3.05) is 0 Å². The maximum Gasteiger partial charge on any atom is 0.354 e. The number of nitrogens with zero attached hydrogens (tertiary/aromatic N) is 4. The van der Waals surface area contributed by atoms with Crippen LogP contribution in [0.2, 0.25) is 0 Å². The van der Waals surface area contributed by atoms with Crippen LogP contribution in [0.4, 0.5) is 0 Å². The van der Waals surface area contributed by atoms with Crippen molar-refractivity contribution in [2.24, 2.45) is 5.73 Å². The molecule has 0 unspecified atom stereocenters. The molecule has 3 N–H and O–H groups in total. The van der Waals surface area contributed by atoms with Crippen molar-refractivity contribution in [3.8, 4) is 0 Å². The van der Waals surface area contributed by atoms with E-state index >= 15 is 0 Å². The van der Waals surface area contributed by atoms with Crippen LogP contribution in [0.25, 0.3) is 5.78 Å². The molecule has 7 heteroatoms. The number of hydrogen-bond acceptors (Lipinski definition) is 5. The highest BCUT2D eigenvalue weighted by molar-refractivity contribution is 5.86. The predicted octanol–water partition coefficient (Wildman–Crippen LogP) is -0.719. The Hall–Kier alpha value is -2.02. The van der Waals surface area contributed by atoms with Crippen LogP contribution in [-0.4, -0.2) is 30.7 Å². The van der Waals surface area contributed by atoms with E-state index in [1.165, 1.54) is 12.4 Å². The van der Waals surface area contributed by atoms with E-state index in [0.717, 1.165) is 4.52 Å². The second-order valence-corrected chi connectivity index (χ2v) is 2.61. The summed E-state index contributed by atoms with van der Waals surface area (Å²) in [6.07, 6.45) is 1.25. The molecule has 0 atom stereocenters. The number of aromatic nitrogens is 4. The first-order valence-corrected chi connectivity index (χ1v) is 3.85. The standard InChI is InChI=1S/C7H7N5O2/c8-2-4-1-5(6(13)14)12-7(11-4)9-3-10-12/h1,3H,2,8H2,(H,13,14). The molecule has 0 aromatic carbocycles. The first kappa shape index (κ1) is 8.57. The average Bonchev–Trinajstić information content (AvgIpc) is 2.63. The molecule has 0 amide bonds. The maximum absolute atomic E-state index is 10.8. The highest BCUT2D eigenvalue weighted by Gasteiger charge is 2.12. The van der Waals surface area contributed by atoms with Crippen LogP contribution in [0.5, 0.6) is 0 Å². The monoisotopic (exact) mass is 193 g/mol. The Morgan fingerprint density at radius 2 is 2.43 bits per heavy atom. The van der Waals surface area contributed by atoms with Crippen LogP contribution in [0.1, 0.15) is 16.2 Å². The molecule has 2 rings (SSSR count). The summed E-state index contributed by atoms with van der Waals surface area (Å²) < 4.78 is 1.15. The van der Waals surface area contributed by atoms with Gasteiger partial charge in [-0.2, -0.15) is 14.6 Å². The highest BCUT2D eigenvalue weighted by atomic mass is 16.4. The van der Waals surface area contributed by atoms with Crippen LogP contribution in [0.15, 0.2) is 12.4 Å². The summed E-state index contributed by atoms with van der Waals surface area (Å²) in [5.74, 6) is -0.844. The van der Waals surface area contributed by atoms with E-state index in [9.17, 15) is 4.79 Å². The van der Waals surface area contributed by atoms with Gasteiger partial charge < -0.3 is 10.8 Å². The van der Waals surface area contributed by atoms with Gasteiger partial charge in [-0.3, -0.25) is 0 Å². The number of carboxylic acid groups (broad SMARTS) is 1. The summed E-state index contributed by atoms with van der Waals surface area (Å²) in [4.78, 5) is 18.6. The van der Waals surface area contributed by atoms with Gasteiger partial charge >= 0.3 is 5.97 Å². The van der Waals surface area contributed by atoms with Crippen molar-refractivity contribution in [2.45, 2.75) is 6.54 Å². The Morgan fingerprint density at radius 3 is 3.07 bits per heavy atom. The summed E-state index contributed by atoms with van der Waals surface area (Å²) in [6, 6.07) is 1.38. The number of carbonyl (C=O) groups is 1. The van der Waals surface area contributed by atoms with Gasteiger partial charge in [-0.25, -0.2) is 9.78 Å². The molecule has 0 fully saturated rings. The average molecular weight is 193 g/mol. The Balaban J connectivity index is 2.76. The van der Waals surface area contributed by atoms with Crippen molar-refractivity contribution < 1.29 is 9.90 Å². The van der Waals surface area contributed by atoms with Gasteiger partial charge in [0.15, 0.2) is 5.69 Å². The van der Waals surface area contributed by atoms with Crippen molar-refractivity contribution >= 4 is 11.7 Å². The molecule has 0 bridgehead atoms. The van der Waals surface area contributed by atoms with Crippen molar-refractivity contribution in [3.05, 3.63) is 23.8 Å². The lowest BCUT2D eigenvalue weighted by Crippen LogP contribution is -2.11. The van der Waals surface area contributed by atoms with Crippen molar-refractivity contribution in [3.63, 3.8) is 0 Å². The number of carboxylic acids is 1. The normalized spacial score (nSPS) is 10.6. The zero-order valence-electron chi connectivity index (χ0n) is 7.08. The largest absolute Gasteiger partial charge is 0.477 e. The Morgan fingerprint density at radius 1 is 1.64 bits per heavy atom. The highest BCUT2D eigenvalue weighted by Crippen LogP contribution is 2.04. The maximum atomic E-state index is 10.8. The van der Waals surface area contributed by atoms with Gasteiger partial charge in [-0.05, 0) is 6.07 Å². The molecule has 14 heavy (non-hydrogen) atoms. The van der Waals surface area contributed by atoms with E-state index in [0.29, 0.717) is 5.69 Å². The van der Waals surface area contributed by atoms with Crippen LogP contribution in [-0.2, 0) is 6.54 Å². The summed E-state index contributed by atoms with van der Waals surface area (Å²) in [7, 11) is 0. The minimum Gasteiger partial charge on any atom is -0.477 e. The Bertz CT molecular complexity index is 492. The van der Waals surface area contributed by atoms with Crippen LogP contribution in [0.3, 0.4) is 0 Å². The summed E-state index contributed by atoms with van der Waals surface area (Å²) in [5.41, 5.74) is 5.85. The van der Waals surface area contributed by atoms with Crippen molar-refractivity contribution in [1.82, 2.24) is 19.6 Å². The Kier molecular flexibility index (Phi) is 1.86. The molecular weight excluding hydrogens is 186 g/mol. The van der Waals surface area contributed by atoms with Crippen LogP contribution < -0.4 is 5.73 Å². The fraction of sp³-hybridized carbons (Fsp3) is 0.143.